The van der Waals surface area contributed by atoms with E-state index in [0.29, 0.717) is 23.9 Å². The molecular formula is C19H17F3N6O2S. The molecule has 162 valence electrons. The van der Waals surface area contributed by atoms with Gasteiger partial charge in [0.15, 0.2) is 15.7 Å². The van der Waals surface area contributed by atoms with Crippen LogP contribution in [0.3, 0.4) is 0 Å². The van der Waals surface area contributed by atoms with Crippen LogP contribution in [0, 0.1) is 5.82 Å². The topological polar surface area (TPSA) is 115 Å². The molecule has 0 bridgehead atoms. The number of carbonyl (C=O) groups is 1. The molecule has 0 unspecified atom stereocenters. The number of aryl methyl sites for hydroxylation is 1. The van der Waals surface area contributed by atoms with Crippen LogP contribution < -0.4 is 10.5 Å². The molecule has 12 heteroatoms. The fourth-order valence-corrected chi connectivity index (χ4v) is 4.36. The molecule has 3 N–H and O–H groups in total. The van der Waals surface area contributed by atoms with Gasteiger partial charge in [-0.1, -0.05) is 30.3 Å². The van der Waals surface area contributed by atoms with Gasteiger partial charge in [0.2, 0.25) is 5.03 Å². The third-order valence-corrected chi connectivity index (χ3v) is 6.05. The van der Waals surface area contributed by atoms with Crippen molar-refractivity contribution < 1.29 is 22.2 Å². The lowest BCUT2D eigenvalue weighted by molar-refractivity contribution is 0.0552. The molecule has 31 heavy (non-hydrogen) atoms. The molecule has 1 atom stereocenters. The van der Waals surface area contributed by atoms with Gasteiger partial charge < -0.3 is 5.32 Å². The summed E-state index contributed by atoms with van der Waals surface area (Å²) in [7, 11) is -4.21. The number of nitrogens with zero attached hydrogens (tertiary/aromatic N) is 4. The molecule has 4 rings (SSSR count). The normalized spacial score (nSPS) is 14.9. The van der Waals surface area contributed by atoms with Crippen molar-refractivity contribution in [3.63, 3.8) is 0 Å². The smallest absolute Gasteiger partial charge is 0.305 e. The number of carbonyl (C=O) groups excluding carboxylic acids is 1. The van der Waals surface area contributed by atoms with E-state index in [9.17, 15) is 22.2 Å². The minimum Gasteiger partial charge on any atom is -0.305 e. The molecule has 0 aliphatic heterocycles. The van der Waals surface area contributed by atoms with Crippen molar-refractivity contribution in [2.45, 2.75) is 30.8 Å². The highest BCUT2D eigenvalue weighted by Gasteiger charge is 2.25. The Morgan fingerprint density at radius 3 is 2.68 bits per heavy atom. The standard InChI is InChI=1S/C19H17F3N6O2S/c20-14-10-28(18(21)22)26-17(14)31(23,30)27-19(29)25-16-12-7-4-8-15(12)24-9-13(16)11-5-2-1-3-6-11/h1-3,5-6,9-10,18H,4,7-8H2,(H3,23,24,25,27,29,30)/t31-/m1/s1. The van der Waals surface area contributed by atoms with Gasteiger partial charge in [-0.15, -0.1) is 4.36 Å². The number of nitrogens with one attached hydrogen (secondary N) is 1. The van der Waals surface area contributed by atoms with Gasteiger partial charge in [0, 0.05) is 17.5 Å². The van der Waals surface area contributed by atoms with E-state index >= 15 is 0 Å². The maximum absolute atomic E-state index is 13.9. The zero-order valence-electron chi connectivity index (χ0n) is 16.0. The molecule has 2 amide bonds. The van der Waals surface area contributed by atoms with E-state index in [-0.39, 0.29) is 4.68 Å². The predicted molar refractivity (Wildman–Crippen MR) is 107 cm³/mol. The van der Waals surface area contributed by atoms with E-state index in [2.05, 4.69) is 19.8 Å². The zero-order valence-corrected chi connectivity index (χ0v) is 16.8. The van der Waals surface area contributed by atoms with Crippen LogP contribution in [0.4, 0.5) is 23.7 Å². The van der Waals surface area contributed by atoms with Gasteiger partial charge in [-0.25, -0.2) is 23.2 Å². The Balaban J connectivity index is 1.72. The quantitative estimate of drug-likeness (QED) is 0.627. The number of hydrogen-bond acceptors (Lipinski definition) is 4. The molecule has 0 saturated carbocycles. The highest BCUT2D eigenvalue weighted by atomic mass is 32.2. The van der Waals surface area contributed by atoms with Crippen molar-refractivity contribution in [2.24, 2.45) is 9.50 Å². The molecule has 0 fully saturated rings. The third-order valence-electron chi connectivity index (χ3n) is 4.78. The highest BCUT2D eigenvalue weighted by Crippen LogP contribution is 2.36. The molecule has 0 spiro atoms. The van der Waals surface area contributed by atoms with Gasteiger partial charge in [0.25, 0.3) is 0 Å². The zero-order chi connectivity index (χ0) is 22.2. The first-order chi connectivity index (χ1) is 14.8. The molecule has 2 heterocycles. The maximum atomic E-state index is 13.9. The minimum absolute atomic E-state index is 0.0478. The molecule has 8 nitrogen and oxygen atoms in total. The number of urea groups is 1. The molecule has 1 aliphatic rings. The largest absolute Gasteiger partial charge is 0.354 e. The summed E-state index contributed by atoms with van der Waals surface area (Å²) in [4.78, 5) is 17.0. The summed E-state index contributed by atoms with van der Waals surface area (Å²) in [5.74, 6) is -1.35. The Kier molecular flexibility index (Phi) is 5.50. The second-order valence-electron chi connectivity index (χ2n) is 6.82. The first-order valence-corrected chi connectivity index (χ1v) is 10.8. The number of nitrogens with two attached hydrogens (primary N) is 1. The SMILES string of the molecule is N[S@@](=O)(=NC(=O)Nc1c(-c2ccccc2)cnc2c1CCC2)c1nn(C(F)F)cc1F. The van der Waals surface area contributed by atoms with Crippen LogP contribution in [-0.2, 0) is 22.8 Å². The lowest BCUT2D eigenvalue weighted by atomic mass is 10.0. The van der Waals surface area contributed by atoms with Crippen molar-refractivity contribution in [3.05, 3.63) is 59.8 Å². The first-order valence-electron chi connectivity index (χ1n) is 9.21. The van der Waals surface area contributed by atoms with E-state index in [4.69, 9.17) is 5.14 Å². The predicted octanol–water partition coefficient (Wildman–Crippen LogP) is 3.90. The fourth-order valence-electron chi connectivity index (χ4n) is 3.44. The Morgan fingerprint density at radius 1 is 1.26 bits per heavy atom. The van der Waals surface area contributed by atoms with Crippen LogP contribution in [0.5, 0.6) is 0 Å². The summed E-state index contributed by atoms with van der Waals surface area (Å²) < 4.78 is 55.3. The summed E-state index contributed by atoms with van der Waals surface area (Å²) in [5, 5.41) is 10.2. The number of alkyl halides is 2. The number of rotatable bonds is 4. The molecular weight excluding hydrogens is 433 g/mol. The number of pyridine rings is 1. The van der Waals surface area contributed by atoms with Crippen LogP contribution in [0.15, 0.2) is 52.1 Å². The second-order valence-corrected chi connectivity index (χ2v) is 8.53. The average molecular weight is 450 g/mol. The monoisotopic (exact) mass is 450 g/mol. The van der Waals surface area contributed by atoms with Crippen molar-refractivity contribution in [1.82, 2.24) is 14.8 Å². The molecule has 0 radical (unpaired) electrons. The summed E-state index contributed by atoms with van der Waals surface area (Å²) in [6, 6.07) is 8.05. The van der Waals surface area contributed by atoms with Gasteiger partial charge in [-0.05, 0) is 30.4 Å². The van der Waals surface area contributed by atoms with Gasteiger partial charge in [0.05, 0.1) is 11.9 Å². The lowest BCUT2D eigenvalue weighted by Crippen LogP contribution is -2.20. The summed E-state index contributed by atoms with van der Waals surface area (Å²) in [6.45, 7) is -3.17. The minimum atomic E-state index is -4.21. The van der Waals surface area contributed by atoms with E-state index in [1.54, 1.807) is 6.20 Å². The van der Waals surface area contributed by atoms with Crippen molar-refractivity contribution in [2.75, 3.05) is 5.32 Å². The number of anilines is 1. The Labute approximate surface area is 175 Å². The molecule has 0 saturated heterocycles. The second kappa shape index (κ2) is 8.12. The van der Waals surface area contributed by atoms with Gasteiger partial charge in [-0.2, -0.15) is 13.9 Å². The molecule has 1 aliphatic carbocycles. The average Bonchev–Trinajstić information content (AvgIpc) is 3.35. The molecule has 1 aromatic carbocycles. The summed E-state index contributed by atoms with van der Waals surface area (Å²) in [5.41, 5.74) is 3.50. The summed E-state index contributed by atoms with van der Waals surface area (Å²) >= 11 is 0. The van der Waals surface area contributed by atoms with Crippen LogP contribution in [0.25, 0.3) is 11.1 Å². The Morgan fingerprint density at radius 2 is 2.00 bits per heavy atom. The van der Waals surface area contributed by atoms with Crippen LogP contribution in [0.2, 0.25) is 0 Å². The van der Waals surface area contributed by atoms with Gasteiger partial charge in [-0.3, -0.25) is 4.98 Å². The fraction of sp³-hybridized carbons (Fsp3) is 0.211. The lowest BCUT2D eigenvalue weighted by Gasteiger charge is -2.14. The Bertz CT molecular complexity index is 1270. The number of benzene rings is 1. The van der Waals surface area contributed by atoms with Crippen LogP contribution >= 0.6 is 0 Å². The van der Waals surface area contributed by atoms with E-state index in [1.165, 1.54) is 0 Å². The number of halogens is 3. The van der Waals surface area contributed by atoms with Crippen LogP contribution in [-0.4, -0.2) is 25.0 Å². The Hall–Kier alpha value is -3.25. The number of amides is 2. The first kappa shape index (κ1) is 21.0. The van der Waals surface area contributed by atoms with Gasteiger partial charge >= 0.3 is 12.6 Å². The molecule has 2 aromatic heterocycles. The summed E-state index contributed by atoms with van der Waals surface area (Å²) in [6.07, 6.45) is 4.23. The van der Waals surface area contributed by atoms with E-state index < -0.39 is 33.3 Å². The number of hydrogen-bond donors (Lipinski definition) is 2. The number of fused-ring (bicyclic) bond motifs is 1. The van der Waals surface area contributed by atoms with Crippen LogP contribution in [0.1, 0.15) is 24.2 Å². The number of aromatic nitrogens is 3. The van der Waals surface area contributed by atoms with Gasteiger partial charge in [0.1, 0.15) is 0 Å². The van der Waals surface area contributed by atoms with Crippen molar-refractivity contribution >= 4 is 21.6 Å². The van der Waals surface area contributed by atoms with E-state index in [0.717, 1.165) is 29.7 Å². The maximum Gasteiger partial charge on any atom is 0.354 e. The highest BCUT2D eigenvalue weighted by molar-refractivity contribution is 7.91. The van der Waals surface area contributed by atoms with Crippen molar-refractivity contribution in [1.29, 1.82) is 0 Å². The van der Waals surface area contributed by atoms with E-state index in [1.807, 2.05) is 30.3 Å². The van der Waals surface area contributed by atoms with Crippen molar-refractivity contribution in [3.8, 4) is 11.1 Å². The third kappa shape index (κ3) is 4.16. The molecule has 3 aromatic rings.